The number of hydrogen-bond donors (Lipinski definition) is 2. The third-order valence-corrected chi connectivity index (χ3v) is 4.29. The van der Waals surface area contributed by atoms with Crippen LogP contribution < -0.4 is 11.1 Å². The van der Waals surface area contributed by atoms with Crippen molar-refractivity contribution in [3.05, 3.63) is 35.4 Å². The van der Waals surface area contributed by atoms with Gasteiger partial charge < -0.3 is 11.1 Å². The van der Waals surface area contributed by atoms with Crippen LogP contribution in [0.2, 0.25) is 0 Å². The summed E-state index contributed by atoms with van der Waals surface area (Å²) in [6.07, 6.45) is 3.72. The zero-order valence-electron chi connectivity index (χ0n) is 14.0. The number of likely N-dealkylation sites (tertiary alicyclic amines) is 1. The average molecular weight is 302 g/mol. The second-order valence-electron chi connectivity index (χ2n) is 6.40. The van der Waals surface area contributed by atoms with Gasteiger partial charge >= 0.3 is 0 Å². The molecule has 4 nitrogen and oxygen atoms in total. The highest BCUT2D eigenvalue weighted by Gasteiger charge is 2.15. The molecule has 0 aromatic heterocycles. The van der Waals surface area contributed by atoms with E-state index in [0.717, 1.165) is 25.4 Å². The number of hydrogen-bond acceptors (Lipinski definition) is 2. The molecule has 0 spiro atoms. The van der Waals surface area contributed by atoms with E-state index in [0.29, 0.717) is 12.5 Å². The molecule has 22 heavy (non-hydrogen) atoms. The van der Waals surface area contributed by atoms with E-state index < -0.39 is 0 Å². The fourth-order valence-corrected chi connectivity index (χ4v) is 2.71. The number of nitrogens with two attached hydrogens (primary N) is 1. The van der Waals surface area contributed by atoms with Gasteiger partial charge in [-0.3, -0.25) is 4.90 Å². The van der Waals surface area contributed by atoms with Gasteiger partial charge in [0.05, 0.1) is 6.54 Å². The van der Waals surface area contributed by atoms with E-state index >= 15 is 0 Å². The first kappa shape index (κ1) is 16.8. The molecule has 0 atom stereocenters. The predicted octanol–water partition coefficient (Wildman–Crippen LogP) is 2.73. The molecule has 1 aromatic carbocycles. The van der Waals surface area contributed by atoms with Crippen molar-refractivity contribution in [2.75, 3.05) is 19.6 Å². The smallest absolute Gasteiger partial charge is 0.188 e. The Morgan fingerprint density at radius 3 is 2.50 bits per heavy atom. The van der Waals surface area contributed by atoms with Crippen LogP contribution in [-0.2, 0) is 13.1 Å². The zero-order valence-corrected chi connectivity index (χ0v) is 14.0. The molecule has 0 unspecified atom stereocenters. The predicted molar refractivity (Wildman–Crippen MR) is 93.7 cm³/mol. The number of rotatable bonds is 6. The molecule has 1 heterocycles. The normalized spacial score (nSPS) is 17.6. The summed E-state index contributed by atoms with van der Waals surface area (Å²) < 4.78 is 0. The summed E-state index contributed by atoms with van der Waals surface area (Å²) in [6, 6.07) is 8.77. The van der Waals surface area contributed by atoms with Gasteiger partial charge in [0.25, 0.3) is 0 Å². The minimum atomic E-state index is 0.536. The van der Waals surface area contributed by atoms with Crippen molar-refractivity contribution in [2.24, 2.45) is 16.6 Å². The lowest BCUT2D eigenvalue weighted by Gasteiger charge is -2.30. The van der Waals surface area contributed by atoms with Gasteiger partial charge in [-0.25, -0.2) is 4.99 Å². The molecule has 0 saturated carbocycles. The Hall–Kier alpha value is -1.55. The molecule has 4 heteroatoms. The second kappa shape index (κ2) is 8.79. The average Bonchev–Trinajstić information content (AvgIpc) is 2.54. The van der Waals surface area contributed by atoms with Gasteiger partial charge in [0.1, 0.15) is 0 Å². The SMILES string of the molecule is CCCNC(N)=NCc1ccc(CN2CCC(C)CC2)cc1. The molecule has 1 saturated heterocycles. The van der Waals surface area contributed by atoms with Crippen molar-refractivity contribution in [1.29, 1.82) is 0 Å². The zero-order chi connectivity index (χ0) is 15.8. The summed E-state index contributed by atoms with van der Waals surface area (Å²) in [4.78, 5) is 6.91. The van der Waals surface area contributed by atoms with Crippen molar-refractivity contribution in [3.8, 4) is 0 Å². The van der Waals surface area contributed by atoms with Gasteiger partial charge in [-0.05, 0) is 49.4 Å². The van der Waals surface area contributed by atoms with Crippen molar-refractivity contribution >= 4 is 5.96 Å². The van der Waals surface area contributed by atoms with Crippen LogP contribution in [0, 0.1) is 5.92 Å². The van der Waals surface area contributed by atoms with Gasteiger partial charge in [-0.2, -0.15) is 0 Å². The van der Waals surface area contributed by atoms with Crippen LogP contribution in [0.15, 0.2) is 29.3 Å². The van der Waals surface area contributed by atoms with Crippen molar-refractivity contribution in [1.82, 2.24) is 10.2 Å². The molecule has 0 aliphatic carbocycles. The molecular weight excluding hydrogens is 272 g/mol. The molecule has 3 N–H and O–H groups in total. The monoisotopic (exact) mass is 302 g/mol. The molecule has 1 fully saturated rings. The first-order chi connectivity index (χ1) is 10.7. The molecule has 1 aliphatic heterocycles. The van der Waals surface area contributed by atoms with Gasteiger partial charge in [0, 0.05) is 13.1 Å². The van der Waals surface area contributed by atoms with E-state index in [2.05, 4.69) is 53.3 Å². The van der Waals surface area contributed by atoms with E-state index in [-0.39, 0.29) is 0 Å². The summed E-state index contributed by atoms with van der Waals surface area (Å²) in [5.41, 5.74) is 8.40. The maximum absolute atomic E-state index is 5.80. The Morgan fingerprint density at radius 1 is 1.23 bits per heavy atom. The Morgan fingerprint density at radius 2 is 1.86 bits per heavy atom. The number of nitrogens with zero attached hydrogens (tertiary/aromatic N) is 2. The fraction of sp³-hybridized carbons (Fsp3) is 0.611. The fourth-order valence-electron chi connectivity index (χ4n) is 2.71. The highest BCUT2D eigenvalue weighted by molar-refractivity contribution is 5.77. The third-order valence-electron chi connectivity index (χ3n) is 4.29. The van der Waals surface area contributed by atoms with Crippen LogP contribution in [0.5, 0.6) is 0 Å². The van der Waals surface area contributed by atoms with E-state index in [1.165, 1.54) is 37.1 Å². The number of guanidine groups is 1. The van der Waals surface area contributed by atoms with Crippen LogP contribution in [0.25, 0.3) is 0 Å². The summed E-state index contributed by atoms with van der Waals surface area (Å²) in [7, 11) is 0. The molecule has 1 aromatic rings. The minimum Gasteiger partial charge on any atom is -0.370 e. The first-order valence-electron chi connectivity index (χ1n) is 8.51. The quantitative estimate of drug-likeness (QED) is 0.627. The van der Waals surface area contributed by atoms with E-state index in [4.69, 9.17) is 5.73 Å². The lowest BCUT2D eigenvalue weighted by Crippen LogP contribution is -2.32. The van der Waals surface area contributed by atoms with Crippen molar-refractivity contribution in [2.45, 2.75) is 46.2 Å². The Balaban J connectivity index is 1.80. The molecular formula is C18H30N4. The molecule has 0 radical (unpaired) electrons. The number of piperidine rings is 1. The lowest BCUT2D eigenvalue weighted by atomic mass is 9.99. The Bertz CT molecular complexity index is 458. The highest BCUT2D eigenvalue weighted by Crippen LogP contribution is 2.18. The molecule has 0 bridgehead atoms. The first-order valence-corrected chi connectivity index (χ1v) is 8.51. The van der Waals surface area contributed by atoms with Crippen LogP contribution in [0.3, 0.4) is 0 Å². The molecule has 1 aliphatic rings. The van der Waals surface area contributed by atoms with Crippen molar-refractivity contribution < 1.29 is 0 Å². The van der Waals surface area contributed by atoms with Crippen LogP contribution >= 0.6 is 0 Å². The highest BCUT2D eigenvalue weighted by atomic mass is 15.1. The van der Waals surface area contributed by atoms with Gasteiger partial charge in [0.2, 0.25) is 0 Å². The summed E-state index contributed by atoms with van der Waals surface area (Å²) in [5.74, 6) is 1.43. The van der Waals surface area contributed by atoms with Gasteiger partial charge in [-0.15, -0.1) is 0 Å². The van der Waals surface area contributed by atoms with E-state index in [9.17, 15) is 0 Å². The molecule has 0 amide bonds. The van der Waals surface area contributed by atoms with E-state index in [1.54, 1.807) is 0 Å². The van der Waals surface area contributed by atoms with Crippen LogP contribution in [-0.4, -0.2) is 30.5 Å². The van der Waals surface area contributed by atoms with E-state index in [1.807, 2.05) is 0 Å². The maximum atomic E-state index is 5.80. The number of benzene rings is 1. The Labute approximate surface area is 134 Å². The van der Waals surface area contributed by atoms with Crippen LogP contribution in [0.1, 0.15) is 44.2 Å². The number of aliphatic imine (C=N–C) groups is 1. The standard InChI is InChI=1S/C18H30N4/c1-3-10-20-18(19)21-13-16-4-6-17(7-5-16)14-22-11-8-15(2)9-12-22/h4-7,15H,3,8-14H2,1-2H3,(H3,19,20,21). The van der Waals surface area contributed by atoms with Gasteiger partial charge in [0.15, 0.2) is 5.96 Å². The minimum absolute atomic E-state index is 0.536. The Kier molecular flexibility index (Phi) is 6.72. The maximum Gasteiger partial charge on any atom is 0.188 e. The molecule has 2 rings (SSSR count). The number of nitrogens with one attached hydrogen (secondary N) is 1. The van der Waals surface area contributed by atoms with Crippen LogP contribution in [0.4, 0.5) is 0 Å². The lowest BCUT2D eigenvalue weighted by molar-refractivity contribution is 0.185. The molecule has 122 valence electrons. The topological polar surface area (TPSA) is 53.6 Å². The second-order valence-corrected chi connectivity index (χ2v) is 6.40. The summed E-state index contributed by atoms with van der Waals surface area (Å²) in [6.45, 7) is 9.51. The van der Waals surface area contributed by atoms with Crippen molar-refractivity contribution in [3.63, 3.8) is 0 Å². The summed E-state index contributed by atoms with van der Waals surface area (Å²) in [5, 5.41) is 3.09. The summed E-state index contributed by atoms with van der Waals surface area (Å²) >= 11 is 0. The third kappa shape index (κ3) is 5.68. The van der Waals surface area contributed by atoms with Gasteiger partial charge in [-0.1, -0.05) is 38.1 Å². The largest absolute Gasteiger partial charge is 0.370 e.